The molecule has 0 fully saturated rings. The van der Waals surface area contributed by atoms with Crippen LogP contribution in [0.4, 0.5) is 13.2 Å². The van der Waals surface area contributed by atoms with E-state index in [1.807, 2.05) is 0 Å². The number of halogens is 3. The highest BCUT2D eigenvalue weighted by Gasteiger charge is 2.54. The van der Waals surface area contributed by atoms with Crippen LogP contribution in [0.3, 0.4) is 0 Å². The number of methoxy groups -OCH3 is 2. The van der Waals surface area contributed by atoms with Gasteiger partial charge in [-0.05, 0) is 41.6 Å². The van der Waals surface area contributed by atoms with Crippen molar-refractivity contribution in [2.45, 2.75) is 20.9 Å². The van der Waals surface area contributed by atoms with Gasteiger partial charge in [0.25, 0.3) is 0 Å². The highest BCUT2D eigenvalue weighted by molar-refractivity contribution is 8.19. The van der Waals surface area contributed by atoms with E-state index in [1.54, 1.807) is 36.4 Å². The van der Waals surface area contributed by atoms with E-state index in [0.717, 1.165) is 11.8 Å². The highest BCUT2D eigenvalue weighted by atomic mass is 32.2. The highest BCUT2D eigenvalue weighted by Crippen LogP contribution is 2.56. The third-order valence-corrected chi connectivity index (χ3v) is 6.49. The topological polar surface area (TPSA) is 35.5 Å². The Morgan fingerprint density at radius 2 is 1.65 bits per heavy atom. The van der Waals surface area contributed by atoms with Gasteiger partial charge in [-0.15, -0.1) is 0 Å². The summed E-state index contributed by atoms with van der Waals surface area (Å²) in [5, 5.41) is 0. The monoisotopic (exact) mass is 400 g/mol. The Balaban J connectivity index is 2.06. The Kier molecular flexibility index (Phi) is 5.16. The zero-order chi connectivity index (χ0) is 18.9. The van der Waals surface area contributed by atoms with Gasteiger partial charge < -0.3 is 9.47 Å². The zero-order valence-corrected chi connectivity index (χ0v) is 15.6. The first-order valence-electron chi connectivity index (χ1n) is 7.58. The standard InChI is InChI=1S/C18H15F3O3S2/c1-23-14-8-11-10-17(26-18(19,20)21,25-12-6-4-3-5-7-12)16(22)13(11)9-15(14)24-2/h3-9H,10H2,1-2H3/t17-/m1/s1. The maximum absolute atomic E-state index is 13.3. The van der Waals surface area contributed by atoms with Gasteiger partial charge in [0.15, 0.2) is 17.3 Å². The second-order valence-corrected chi connectivity index (χ2v) is 8.58. The van der Waals surface area contributed by atoms with E-state index in [-0.39, 0.29) is 23.7 Å². The van der Waals surface area contributed by atoms with Crippen LogP contribution in [0.15, 0.2) is 47.4 Å². The van der Waals surface area contributed by atoms with Crippen molar-refractivity contribution in [3.05, 3.63) is 53.6 Å². The fourth-order valence-electron chi connectivity index (χ4n) is 2.87. The predicted octanol–water partition coefficient (Wildman–Crippen LogP) is 5.18. The van der Waals surface area contributed by atoms with Crippen LogP contribution in [0.2, 0.25) is 0 Å². The summed E-state index contributed by atoms with van der Waals surface area (Å²) in [5.74, 6) is 0.137. The van der Waals surface area contributed by atoms with Gasteiger partial charge in [0.2, 0.25) is 0 Å². The molecule has 0 radical (unpaired) electrons. The molecule has 0 spiro atoms. The van der Waals surface area contributed by atoms with Gasteiger partial charge in [0.05, 0.1) is 14.2 Å². The van der Waals surface area contributed by atoms with Crippen molar-refractivity contribution in [2.24, 2.45) is 0 Å². The number of alkyl halides is 3. The maximum Gasteiger partial charge on any atom is 0.443 e. The summed E-state index contributed by atoms with van der Waals surface area (Å²) >= 11 is 0.659. The smallest absolute Gasteiger partial charge is 0.443 e. The van der Waals surface area contributed by atoms with Crippen LogP contribution in [0, 0.1) is 0 Å². The van der Waals surface area contributed by atoms with E-state index in [0.29, 0.717) is 22.0 Å². The summed E-state index contributed by atoms with van der Waals surface area (Å²) in [7, 11) is 2.86. The molecule has 0 amide bonds. The van der Waals surface area contributed by atoms with Crippen LogP contribution in [0.5, 0.6) is 11.5 Å². The number of carbonyl (C=O) groups is 1. The molecule has 1 aliphatic carbocycles. The first-order valence-corrected chi connectivity index (χ1v) is 9.22. The van der Waals surface area contributed by atoms with Gasteiger partial charge in [-0.2, -0.15) is 13.2 Å². The number of ketones is 1. The third kappa shape index (κ3) is 3.66. The number of Topliss-reactive ketones (excluding diaryl/α,β-unsaturated/α-hetero) is 1. The number of benzene rings is 2. The minimum absolute atomic E-state index is 0.0503. The number of hydrogen-bond acceptors (Lipinski definition) is 5. The van der Waals surface area contributed by atoms with Crippen molar-refractivity contribution in [3.8, 4) is 11.5 Å². The van der Waals surface area contributed by atoms with Gasteiger partial charge in [-0.25, -0.2) is 0 Å². The van der Waals surface area contributed by atoms with Crippen LogP contribution in [-0.2, 0) is 6.42 Å². The zero-order valence-electron chi connectivity index (χ0n) is 13.9. The van der Waals surface area contributed by atoms with Crippen LogP contribution >= 0.6 is 23.5 Å². The molecular weight excluding hydrogens is 385 g/mol. The Bertz CT molecular complexity index is 824. The Labute approximate surface area is 157 Å². The molecule has 0 saturated carbocycles. The summed E-state index contributed by atoms with van der Waals surface area (Å²) in [4.78, 5) is 13.6. The molecule has 1 atom stereocenters. The Morgan fingerprint density at radius 1 is 1.04 bits per heavy atom. The summed E-state index contributed by atoms with van der Waals surface area (Å²) in [6, 6.07) is 11.7. The molecule has 0 heterocycles. The summed E-state index contributed by atoms with van der Waals surface area (Å²) in [5.41, 5.74) is -3.79. The lowest BCUT2D eigenvalue weighted by Crippen LogP contribution is -2.31. The number of rotatable bonds is 5. The molecule has 0 aliphatic heterocycles. The van der Waals surface area contributed by atoms with E-state index in [9.17, 15) is 18.0 Å². The second-order valence-electron chi connectivity index (χ2n) is 5.59. The molecule has 0 saturated heterocycles. The quantitative estimate of drug-likeness (QED) is 0.646. The molecule has 3 nitrogen and oxygen atoms in total. The van der Waals surface area contributed by atoms with E-state index < -0.39 is 15.4 Å². The molecule has 2 aromatic carbocycles. The van der Waals surface area contributed by atoms with E-state index in [4.69, 9.17) is 9.47 Å². The van der Waals surface area contributed by atoms with Crippen molar-refractivity contribution in [2.75, 3.05) is 14.2 Å². The van der Waals surface area contributed by atoms with Crippen LogP contribution < -0.4 is 9.47 Å². The maximum atomic E-state index is 13.3. The number of carbonyl (C=O) groups excluding carboxylic acids is 1. The van der Waals surface area contributed by atoms with Crippen LogP contribution in [0.1, 0.15) is 15.9 Å². The fourth-order valence-corrected chi connectivity index (χ4v) is 5.51. The molecule has 138 valence electrons. The minimum Gasteiger partial charge on any atom is -0.493 e. The van der Waals surface area contributed by atoms with Gasteiger partial charge in [-0.3, -0.25) is 4.79 Å². The minimum atomic E-state index is -4.55. The Hall–Kier alpha value is -1.80. The van der Waals surface area contributed by atoms with Crippen LogP contribution in [0.25, 0.3) is 0 Å². The van der Waals surface area contributed by atoms with Gasteiger partial charge in [-0.1, -0.05) is 30.0 Å². The van der Waals surface area contributed by atoms with Gasteiger partial charge >= 0.3 is 5.51 Å². The molecule has 3 rings (SSSR count). The van der Waals surface area contributed by atoms with Gasteiger partial charge in [0.1, 0.15) is 4.08 Å². The summed E-state index contributed by atoms with van der Waals surface area (Å²) in [6.07, 6.45) is -0.0503. The predicted molar refractivity (Wildman–Crippen MR) is 96.3 cm³/mol. The fraction of sp³-hybridized carbons (Fsp3) is 0.278. The van der Waals surface area contributed by atoms with Crippen LogP contribution in [-0.4, -0.2) is 29.6 Å². The molecule has 0 unspecified atom stereocenters. The molecule has 0 aromatic heterocycles. The molecule has 26 heavy (non-hydrogen) atoms. The molecular formula is C18H15F3O3S2. The molecule has 2 aromatic rings. The summed E-state index contributed by atoms with van der Waals surface area (Å²) < 4.78 is 48.6. The third-order valence-electron chi connectivity index (χ3n) is 3.93. The molecule has 0 bridgehead atoms. The van der Waals surface area contributed by atoms with Gasteiger partial charge in [0, 0.05) is 16.9 Å². The van der Waals surface area contributed by atoms with Crippen molar-refractivity contribution < 1.29 is 27.4 Å². The lowest BCUT2D eigenvalue weighted by molar-refractivity contribution is -0.0335. The number of thioether (sulfide) groups is 2. The van der Waals surface area contributed by atoms with Crippen molar-refractivity contribution in [1.82, 2.24) is 0 Å². The molecule has 0 N–H and O–H groups in total. The number of ether oxygens (including phenoxy) is 2. The Morgan fingerprint density at radius 3 is 2.23 bits per heavy atom. The van der Waals surface area contributed by atoms with Crippen molar-refractivity contribution >= 4 is 29.3 Å². The SMILES string of the molecule is COc1cc2c(cc1OC)C(=O)[C@](Sc1ccccc1)(SC(F)(F)F)C2. The van der Waals surface area contributed by atoms with E-state index in [2.05, 4.69) is 0 Å². The lowest BCUT2D eigenvalue weighted by Gasteiger charge is -2.27. The number of hydrogen-bond donors (Lipinski definition) is 0. The first-order chi connectivity index (χ1) is 12.3. The average Bonchev–Trinajstić information content (AvgIpc) is 2.84. The molecule has 8 heteroatoms. The number of fused-ring (bicyclic) bond motifs is 1. The van der Waals surface area contributed by atoms with Crippen molar-refractivity contribution in [1.29, 1.82) is 0 Å². The van der Waals surface area contributed by atoms with E-state index in [1.165, 1.54) is 20.3 Å². The second kappa shape index (κ2) is 7.08. The molecule has 1 aliphatic rings. The average molecular weight is 400 g/mol. The normalized spacial score (nSPS) is 19.3. The summed E-state index contributed by atoms with van der Waals surface area (Å²) in [6.45, 7) is 0. The largest absolute Gasteiger partial charge is 0.493 e. The lowest BCUT2D eigenvalue weighted by atomic mass is 10.1. The first kappa shape index (κ1) is 19.0. The van der Waals surface area contributed by atoms with E-state index >= 15 is 0 Å². The van der Waals surface area contributed by atoms with Crippen molar-refractivity contribution in [3.63, 3.8) is 0 Å².